The molecule has 0 unspecified atom stereocenters. The molecule has 2 rings (SSSR count). The van der Waals surface area contributed by atoms with Gasteiger partial charge in [-0.3, -0.25) is 14.6 Å². The lowest BCUT2D eigenvalue weighted by molar-refractivity contribution is -0.119. The molecule has 1 saturated heterocycles. The van der Waals surface area contributed by atoms with E-state index >= 15 is 0 Å². The molecule has 2 amide bonds. The maximum atomic E-state index is 11.6. The van der Waals surface area contributed by atoms with Gasteiger partial charge in [0.2, 0.25) is 5.91 Å². The smallest absolute Gasteiger partial charge is 0.270 e. The first kappa shape index (κ1) is 9.64. The average molecular weight is 205 g/mol. The van der Waals surface area contributed by atoms with Crippen molar-refractivity contribution < 1.29 is 9.59 Å². The Labute approximate surface area is 86.9 Å². The third kappa shape index (κ3) is 2.31. The Morgan fingerprint density at radius 1 is 1.53 bits per heavy atom. The number of carbonyl (C=O) groups is 2. The van der Waals surface area contributed by atoms with Crippen LogP contribution in [0, 0.1) is 0 Å². The number of hydrogen-bond donors (Lipinski definition) is 2. The Morgan fingerprint density at radius 2 is 2.40 bits per heavy atom. The van der Waals surface area contributed by atoms with Crippen LogP contribution in [0.5, 0.6) is 0 Å². The molecule has 15 heavy (non-hydrogen) atoms. The molecule has 1 aromatic heterocycles. The van der Waals surface area contributed by atoms with E-state index in [1.165, 1.54) is 0 Å². The summed E-state index contributed by atoms with van der Waals surface area (Å²) in [5.41, 5.74) is 0.372. The van der Waals surface area contributed by atoms with Gasteiger partial charge in [0, 0.05) is 19.2 Å². The topological polar surface area (TPSA) is 71.1 Å². The fourth-order valence-electron chi connectivity index (χ4n) is 1.46. The molecule has 1 fully saturated rings. The van der Waals surface area contributed by atoms with Gasteiger partial charge in [0.05, 0.1) is 6.04 Å². The van der Waals surface area contributed by atoms with Crippen LogP contribution in [0.25, 0.3) is 0 Å². The van der Waals surface area contributed by atoms with Gasteiger partial charge in [-0.2, -0.15) is 0 Å². The maximum absolute atomic E-state index is 11.6. The van der Waals surface area contributed by atoms with Gasteiger partial charge >= 0.3 is 0 Å². The van der Waals surface area contributed by atoms with Crippen LogP contribution in [0.15, 0.2) is 24.4 Å². The van der Waals surface area contributed by atoms with Crippen LogP contribution in [-0.4, -0.2) is 29.4 Å². The molecule has 1 atom stereocenters. The molecule has 5 nitrogen and oxygen atoms in total. The number of carbonyl (C=O) groups excluding carboxylic acids is 2. The molecule has 0 bridgehead atoms. The lowest BCUT2D eigenvalue weighted by Crippen LogP contribution is -2.36. The molecular weight excluding hydrogens is 194 g/mol. The van der Waals surface area contributed by atoms with E-state index in [0.29, 0.717) is 18.7 Å². The lowest BCUT2D eigenvalue weighted by atomic mass is 10.2. The molecule has 5 heteroatoms. The van der Waals surface area contributed by atoms with Gasteiger partial charge in [-0.05, 0) is 12.1 Å². The second-order valence-electron chi connectivity index (χ2n) is 3.39. The largest absolute Gasteiger partial charge is 0.354 e. The van der Waals surface area contributed by atoms with Crippen LogP contribution in [0.1, 0.15) is 16.9 Å². The highest BCUT2D eigenvalue weighted by molar-refractivity contribution is 5.93. The van der Waals surface area contributed by atoms with Crippen LogP contribution in [0.2, 0.25) is 0 Å². The number of aromatic nitrogens is 1. The fourth-order valence-corrected chi connectivity index (χ4v) is 1.46. The van der Waals surface area contributed by atoms with Crippen molar-refractivity contribution in [3.05, 3.63) is 30.1 Å². The second-order valence-corrected chi connectivity index (χ2v) is 3.39. The van der Waals surface area contributed by atoms with Gasteiger partial charge in [-0.25, -0.2) is 0 Å². The van der Waals surface area contributed by atoms with Crippen molar-refractivity contribution in [1.82, 2.24) is 15.6 Å². The zero-order valence-corrected chi connectivity index (χ0v) is 8.06. The van der Waals surface area contributed by atoms with Gasteiger partial charge < -0.3 is 10.6 Å². The van der Waals surface area contributed by atoms with Gasteiger partial charge in [-0.1, -0.05) is 6.07 Å². The summed E-state index contributed by atoms with van der Waals surface area (Å²) in [4.78, 5) is 26.4. The summed E-state index contributed by atoms with van der Waals surface area (Å²) in [6.45, 7) is 0.497. The molecule has 1 aliphatic rings. The first-order valence-electron chi connectivity index (χ1n) is 4.74. The molecule has 0 spiro atoms. The molecule has 0 aliphatic carbocycles. The average Bonchev–Trinajstić information content (AvgIpc) is 2.65. The first-order chi connectivity index (χ1) is 7.25. The second kappa shape index (κ2) is 4.08. The SMILES string of the molecule is O=C1C[C@H](NC(=O)c2ccccn2)CN1. The van der Waals surface area contributed by atoms with E-state index < -0.39 is 0 Å². The van der Waals surface area contributed by atoms with Crippen LogP contribution in [0.4, 0.5) is 0 Å². The summed E-state index contributed by atoms with van der Waals surface area (Å²) in [7, 11) is 0. The van der Waals surface area contributed by atoms with E-state index in [4.69, 9.17) is 0 Å². The zero-order valence-electron chi connectivity index (χ0n) is 8.06. The normalized spacial score (nSPS) is 19.7. The van der Waals surface area contributed by atoms with Crippen LogP contribution >= 0.6 is 0 Å². The Morgan fingerprint density at radius 3 is 3.00 bits per heavy atom. The number of nitrogens with zero attached hydrogens (tertiary/aromatic N) is 1. The van der Waals surface area contributed by atoms with E-state index in [2.05, 4.69) is 15.6 Å². The highest BCUT2D eigenvalue weighted by Gasteiger charge is 2.23. The van der Waals surface area contributed by atoms with Crippen molar-refractivity contribution in [2.75, 3.05) is 6.54 Å². The molecular formula is C10H11N3O2. The molecule has 2 heterocycles. The number of pyridine rings is 1. The van der Waals surface area contributed by atoms with Crippen LogP contribution < -0.4 is 10.6 Å². The number of hydrogen-bond acceptors (Lipinski definition) is 3. The molecule has 1 aromatic rings. The summed E-state index contributed by atoms with van der Waals surface area (Å²) < 4.78 is 0. The Kier molecular flexibility index (Phi) is 2.62. The molecule has 2 N–H and O–H groups in total. The van der Waals surface area contributed by atoms with E-state index in [9.17, 15) is 9.59 Å². The minimum atomic E-state index is -0.239. The summed E-state index contributed by atoms with van der Waals surface area (Å²) >= 11 is 0. The van der Waals surface area contributed by atoms with Gasteiger partial charge in [0.25, 0.3) is 5.91 Å². The van der Waals surface area contributed by atoms with Crippen molar-refractivity contribution in [2.24, 2.45) is 0 Å². The van der Waals surface area contributed by atoms with Crippen molar-refractivity contribution >= 4 is 11.8 Å². The van der Waals surface area contributed by atoms with Gasteiger partial charge in [0.15, 0.2) is 0 Å². The maximum Gasteiger partial charge on any atom is 0.270 e. The molecule has 78 valence electrons. The van der Waals surface area contributed by atoms with Crippen molar-refractivity contribution in [3.63, 3.8) is 0 Å². The standard InChI is InChI=1S/C10H11N3O2/c14-9-5-7(6-12-9)13-10(15)8-3-1-2-4-11-8/h1-4,7H,5-6H2,(H,12,14)(H,13,15)/t7-/m0/s1. The summed E-state index contributed by atoms with van der Waals surface area (Å²) in [6, 6.07) is 5.02. The Balaban J connectivity index is 1.96. The summed E-state index contributed by atoms with van der Waals surface area (Å²) in [5, 5.41) is 5.39. The first-order valence-corrected chi connectivity index (χ1v) is 4.74. The molecule has 1 aliphatic heterocycles. The Hall–Kier alpha value is -1.91. The van der Waals surface area contributed by atoms with E-state index in [-0.39, 0.29) is 17.9 Å². The Bertz CT molecular complexity index is 378. The summed E-state index contributed by atoms with van der Waals surface area (Å²) in [6.07, 6.45) is 1.91. The summed E-state index contributed by atoms with van der Waals surface area (Å²) in [5.74, 6) is -0.265. The molecule has 0 radical (unpaired) electrons. The zero-order chi connectivity index (χ0) is 10.7. The van der Waals surface area contributed by atoms with E-state index in [1.807, 2.05) is 0 Å². The van der Waals surface area contributed by atoms with Crippen molar-refractivity contribution in [3.8, 4) is 0 Å². The predicted octanol–water partition coefficient (Wildman–Crippen LogP) is -0.300. The monoisotopic (exact) mass is 205 g/mol. The van der Waals surface area contributed by atoms with Crippen LogP contribution in [-0.2, 0) is 4.79 Å². The lowest BCUT2D eigenvalue weighted by Gasteiger charge is -2.09. The molecule has 0 aromatic carbocycles. The number of nitrogens with one attached hydrogen (secondary N) is 2. The minimum absolute atomic E-state index is 0.0266. The molecule has 0 saturated carbocycles. The highest BCUT2D eigenvalue weighted by atomic mass is 16.2. The van der Waals surface area contributed by atoms with Gasteiger partial charge in [-0.15, -0.1) is 0 Å². The third-order valence-corrected chi connectivity index (χ3v) is 2.21. The number of amides is 2. The number of rotatable bonds is 2. The van der Waals surface area contributed by atoms with Crippen molar-refractivity contribution in [1.29, 1.82) is 0 Å². The third-order valence-electron chi connectivity index (χ3n) is 2.21. The van der Waals surface area contributed by atoms with Crippen molar-refractivity contribution in [2.45, 2.75) is 12.5 Å². The van der Waals surface area contributed by atoms with E-state index in [1.54, 1.807) is 24.4 Å². The highest BCUT2D eigenvalue weighted by Crippen LogP contribution is 2.01. The van der Waals surface area contributed by atoms with Crippen LogP contribution in [0.3, 0.4) is 0 Å². The predicted molar refractivity (Wildman–Crippen MR) is 53.1 cm³/mol. The van der Waals surface area contributed by atoms with Gasteiger partial charge in [0.1, 0.15) is 5.69 Å². The van der Waals surface area contributed by atoms with E-state index in [0.717, 1.165) is 0 Å². The quantitative estimate of drug-likeness (QED) is 0.696. The fraction of sp³-hybridized carbons (Fsp3) is 0.300. The minimum Gasteiger partial charge on any atom is -0.354 e.